The third kappa shape index (κ3) is 4.82. The molecule has 0 spiro atoms. The number of aryl methyl sites for hydroxylation is 1. The number of unbranched alkanes of at least 4 members (excludes halogenated alkanes) is 1. The van der Waals surface area contributed by atoms with Crippen LogP contribution in [0.2, 0.25) is 0 Å². The van der Waals surface area contributed by atoms with Gasteiger partial charge in [0.2, 0.25) is 0 Å². The Bertz CT molecular complexity index is 874. The predicted molar refractivity (Wildman–Crippen MR) is 109 cm³/mol. The van der Waals surface area contributed by atoms with Gasteiger partial charge in [0.15, 0.2) is 0 Å². The zero-order valence-corrected chi connectivity index (χ0v) is 16.9. The summed E-state index contributed by atoms with van der Waals surface area (Å²) in [5.41, 5.74) is 2.16. The van der Waals surface area contributed by atoms with Crippen molar-refractivity contribution < 1.29 is 0 Å². The van der Waals surface area contributed by atoms with Crippen LogP contribution < -0.4 is 5.32 Å². The van der Waals surface area contributed by atoms with Gasteiger partial charge < -0.3 is 5.32 Å². The molecule has 0 radical (unpaired) electrons. The lowest BCUT2D eigenvalue weighted by atomic mass is 10.1. The van der Waals surface area contributed by atoms with Crippen molar-refractivity contribution in [2.24, 2.45) is 4.99 Å². The average Bonchev–Trinajstić information content (AvgIpc) is 3.28. The Balaban J connectivity index is 2.44. The fourth-order valence-corrected chi connectivity index (χ4v) is 4.25. The van der Waals surface area contributed by atoms with Crippen molar-refractivity contribution in [1.29, 1.82) is 10.5 Å². The summed E-state index contributed by atoms with van der Waals surface area (Å²) in [6.07, 6.45) is 4.52. The molecule has 2 aromatic heterocycles. The van der Waals surface area contributed by atoms with Crippen LogP contribution in [0.25, 0.3) is 0 Å². The zero-order valence-electron chi connectivity index (χ0n) is 15.3. The molecule has 0 bridgehead atoms. The number of amidine groups is 1. The molecule has 0 fully saturated rings. The van der Waals surface area contributed by atoms with Gasteiger partial charge in [-0.2, -0.15) is 10.5 Å². The van der Waals surface area contributed by atoms with Gasteiger partial charge in [0, 0.05) is 9.75 Å². The summed E-state index contributed by atoms with van der Waals surface area (Å²) in [6, 6.07) is 8.57. The molecule has 0 amide bonds. The van der Waals surface area contributed by atoms with Crippen molar-refractivity contribution in [2.45, 2.75) is 46.6 Å². The van der Waals surface area contributed by atoms with E-state index in [4.69, 9.17) is 4.99 Å². The lowest BCUT2D eigenvalue weighted by Crippen LogP contribution is -2.23. The van der Waals surface area contributed by atoms with Crippen molar-refractivity contribution in [3.8, 4) is 12.1 Å². The molecule has 0 aromatic carbocycles. The highest BCUT2D eigenvalue weighted by molar-refractivity contribution is 7.14. The van der Waals surface area contributed by atoms with Crippen LogP contribution in [0.15, 0.2) is 34.3 Å². The Morgan fingerprint density at radius 1 is 1.35 bits per heavy atom. The van der Waals surface area contributed by atoms with Crippen LogP contribution in [-0.4, -0.2) is 5.84 Å². The molecule has 0 saturated heterocycles. The van der Waals surface area contributed by atoms with Crippen LogP contribution in [0.1, 0.15) is 52.4 Å². The molecule has 0 aliphatic rings. The summed E-state index contributed by atoms with van der Waals surface area (Å²) in [4.78, 5) is 7.89. The summed E-state index contributed by atoms with van der Waals surface area (Å²) in [5, 5.41) is 24.2. The molecule has 0 atom stereocenters. The number of hydrogen-bond acceptors (Lipinski definition) is 5. The van der Waals surface area contributed by atoms with Gasteiger partial charge in [0.05, 0.1) is 17.0 Å². The van der Waals surface area contributed by atoms with E-state index >= 15 is 0 Å². The number of nitriles is 2. The third-order valence-electron chi connectivity index (χ3n) is 3.85. The number of aliphatic imine (C=N–C) groups is 1. The number of allylic oxidation sites excluding steroid dienone is 2. The lowest BCUT2D eigenvalue weighted by molar-refractivity contribution is 0.940. The van der Waals surface area contributed by atoms with E-state index in [0.29, 0.717) is 18.1 Å². The first-order chi connectivity index (χ1) is 12.6. The number of thiophene rings is 2. The first kappa shape index (κ1) is 19.9. The number of nitrogens with one attached hydrogen (secondary N) is 1. The summed E-state index contributed by atoms with van der Waals surface area (Å²) >= 11 is 3.24. The number of hydrogen-bond donors (Lipinski definition) is 1. The van der Waals surface area contributed by atoms with Crippen molar-refractivity contribution in [1.82, 2.24) is 5.32 Å². The minimum Gasteiger partial charge on any atom is -0.331 e. The fourth-order valence-electron chi connectivity index (χ4n) is 2.46. The zero-order chi connectivity index (χ0) is 18.9. The molecular weight excluding hydrogens is 360 g/mol. The highest BCUT2D eigenvalue weighted by atomic mass is 32.1. The van der Waals surface area contributed by atoms with Gasteiger partial charge in [-0.1, -0.05) is 26.3 Å². The summed E-state index contributed by atoms with van der Waals surface area (Å²) in [6.45, 7) is 6.63. The van der Waals surface area contributed by atoms with E-state index in [-0.39, 0.29) is 0 Å². The molecule has 1 N–H and O–H groups in total. The van der Waals surface area contributed by atoms with Gasteiger partial charge in [-0.05, 0) is 42.9 Å². The highest BCUT2D eigenvalue weighted by Gasteiger charge is 2.18. The minimum atomic E-state index is 0.501. The Morgan fingerprint density at radius 2 is 2.15 bits per heavy atom. The topological polar surface area (TPSA) is 72.0 Å². The normalized spacial score (nSPS) is 11.9. The van der Waals surface area contributed by atoms with E-state index < -0.39 is 0 Å². The Labute approximate surface area is 163 Å². The molecule has 0 saturated carbocycles. The van der Waals surface area contributed by atoms with E-state index in [9.17, 15) is 10.5 Å². The highest BCUT2D eigenvalue weighted by Crippen LogP contribution is 2.29. The fraction of sp³-hybridized carbons (Fsp3) is 0.350. The largest absolute Gasteiger partial charge is 0.331 e. The van der Waals surface area contributed by atoms with Crippen molar-refractivity contribution >= 4 is 28.5 Å². The van der Waals surface area contributed by atoms with E-state index in [1.807, 2.05) is 37.4 Å². The Morgan fingerprint density at radius 3 is 2.69 bits per heavy atom. The van der Waals surface area contributed by atoms with Gasteiger partial charge in [-0.25, -0.2) is 0 Å². The monoisotopic (exact) mass is 382 g/mol. The maximum absolute atomic E-state index is 9.48. The van der Waals surface area contributed by atoms with Crippen LogP contribution in [-0.2, 0) is 13.0 Å². The molecule has 0 unspecified atom stereocenters. The van der Waals surface area contributed by atoms with Crippen LogP contribution in [0, 0.1) is 29.6 Å². The minimum absolute atomic E-state index is 0.501. The first-order valence-electron chi connectivity index (χ1n) is 8.61. The molecular formula is C20H22N4S2. The number of nitrogens with zero attached hydrogens (tertiary/aromatic N) is 3. The smallest absolute Gasteiger partial charge is 0.144 e. The van der Waals surface area contributed by atoms with E-state index in [1.165, 1.54) is 0 Å². The second kappa shape index (κ2) is 9.91. The van der Waals surface area contributed by atoms with E-state index in [2.05, 4.69) is 24.4 Å². The second-order valence-corrected chi connectivity index (χ2v) is 7.84. The predicted octanol–water partition coefficient (Wildman–Crippen LogP) is 5.30. The van der Waals surface area contributed by atoms with Gasteiger partial charge >= 0.3 is 0 Å². The molecule has 2 aromatic rings. The maximum atomic E-state index is 9.48. The maximum Gasteiger partial charge on any atom is 0.144 e. The Kier molecular flexibility index (Phi) is 7.59. The first-order valence-corrected chi connectivity index (χ1v) is 10.3. The molecule has 2 heterocycles. The number of rotatable bonds is 7. The summed E-state index contributed by atoms with van der Waals surface area (Å²) in [7, 11) is 0. The lowest BCUT2D eigenvalue weighted by Gasteiger charge is -2.09. The van der Waals surface area contributed by atoms with Crippen molar-refractivity contribution in [3.63, 3.8) is 0 Å². The van der Waals surface area contributed by atoms with Crippen molar-refractivity contribution in [2.75, 3.05) is 0 Å². The molecule has 2 rings (SSSR count). The molecule has 134 valence electrons. The second-order valence-electron chi connectivity index (χ2n) is 5.71. The van der Waals surface area contributed by atoms with Gasteiger partial charge in [-0.3, -0.25) is 4.99 Å². The average molecular weight is 383 g/mol. The molecule has 26 heavy (non-hydrogen) atoms. The van der Waals surface area contributed by atoms with Gasteiger partial charge in [0.25, 0.3) is 0 Å². The third-order valence-corrected chi connectivity index (χ3v) is 6.16. The van der Waals surface area contributed by atoms with E-state index in [1.54, 1.807) is 22.7 Å². The molecule has 0 aliphatic heterocycles. The van der Waals surface area contributed by atoms with Crippen LogP contribution in [0.5, 0.6) is 0 Å². The SMILES string of the molecule is CCC/C=C(\C#N)NC(=NCc1cccs1)c1sc(CC)c(C#N)c1C. The van der Waals surface area contributed by atoms with Crippen LogP contribution in [0.3, 0.4) is 0 Å². The molecule has 4 nitrogen and oxygen atoms in total. The Hall–Kier alpha value is -2.41. The quantitative estimate of drug-likeness (QED) is 0.401. The summed E-state index contributed by atoms with van der Waals surface area (Å²) in [5.74, 6) is 0.668. The van der Waals surface area contributed by atoms with Gasteiger partial charge in [-0.15, -0.1) is 22.7 Å². The van der Waals surface area contributed by atoms with Gasteiger partial charge in [0.1, 0.15) is 23.7 Å². The van der Waals surface area contributed by atoms with Crippen LogP contribution in [0.4, 0.5) is 0 Å². The molecule has 0 aliphatic carbocycles. The molecule has 6 heteroatoms. The standard InChI is InChI=1S/C20H22N4S2/c1-4-6-8-15(11-21)24-20(23-13-16-9-7-10-25-16)19-14(3)17(12-22)18(5-2)26-19/h7-10H,4-6,13H2,1-3H3,(H,23,24)/b15-8+. The summed E-state index contributed by atoms with van der Waals surface area (Å²) < 4.78 is 0. The van der Waals surface area contributed by atoms with E-state index in [0.717, 1.165) is 45.0 Å². The van der Waals surface area contributed by atoms with Crippen molar-refractivity contribution in [3.05, 3.63) is 55.0 Å². The van der Waals surface area contributed by atoms with Crippen LogP contribution >= 0.6 is 22.7 Å².